The Kier molecular flexibility index (Phi) is 18.4. The van der Waals surface area contributed by atoms with Gasteiger partial charge < -0.3 is 27.0 Å². The van der Waals surface area contributed by atoms with Gasteiger partial charge in [-0.2, -0.15) is 0 Å². The minimum absolute atomic E-state index is 0.201. The Morgan fingerprint density at radius 3 is 2.03 bits per heavy atom. The first-order chi connectivity index (χ1) is 27.9. The van der Waals surface area contributed by atoms with E-state index >= 15 is 0 Å². The molecule has 5 aromatic rings. The van der Waals surface area contributed by atoms with E-state index in [1.807, 2.05) is 49.5 Å². The van der Waals surface area contributed by atoms with E-state index in [-0.39, 0.29) is 18.0 Å². The average Bonchev–Trinajstić information content (AvgIpc) is 3.20. The molecule has 3 aromatic carbocycles. The van der Waals surface area contributed by atoms with E-state index in [1.54, 1.807) is 12.3 Å². The van der Waals surface area contributed by atoms with Crippen LogP contribution in [0.25, 0.3) is 0 Å². The molecule has 5 atom stereocenters. The van der Waals surface area contributed by atoms with Crippen LogP contribution in [0.5, 0.6) is 0 Å². The van der Waals surface area contributed by atoms with Crippen LogP contribution in [0.1, 0.15) is 100 Å². The summed E-state index contributed by atoms with van der Waals surface area (Å²) in [6, 6.07) is 31.6. The first-order valence-corrected chi connectivity index (χ1v) is 20.2. The number of carbonyl (C=O) groups excluding carboxylic acids is 2. The third-order valence-electron chi connectivity index (χ3n) is 9.88. The molecule has 0 aliphatic rings. The van der Waals surface area contributed by atoms with Gasteiger partial charge in [0.25, 0.3) is 0 Å². The van der Waals surface area contributed by atoms with Crippen molar-refractivity contribution in [1.82, 2.24) is 25.9 Å². The van der Waals surface area contributed by atoms with Crippen LogP contribution in [0.4, 0.5) is 20.4 Å². The van der Waals surface area contributed by atoms with Gasteiger partial charge in [0.15, 0.2) is 0 Å². The Balaban J connectivity index is 0.000000311. The monoisotopic (exact) mass is 791 g/mol. The fraction of sp³-hybridized carbons (Fsp3) is 0.362. The molecule has 58 heavy (non-hydrogen) atoms. The quantitative estimate of drug-likeness (QED) is 0.0565. The molecule has 9 nitrogen and oxygen atoms in total. The second-order valence-electron chi connectivity index (χ2n) is 15.1. The number of pyridine rings is 2. The van der Waals surface area contributed by atoms with Crippen molar-refractivity contribution in [3.8, 4) is 0 Å². The summed E-state index contributed by atoms with van der Waals surface area (Å²) >= 11 is 0. The van der Waals surface area contributed by atoms with Gasteiger partial charge in [-0.3, -0.25) is 9.59 Å². The molecule has 0 saturated carbocycles. The SMILES string of the molecule is CC(CC(C)c1ccc(N)nc1)NCc1ccccc1.CCCC(NC(=O)Cc1cc(F)cc(F)c1)C(=O)Nc1ccc(CCC(C)NC(C)c2ccccc2)cn1. The third-order valence-corrected chi connectivity index (χ3v) is 9.88. The summed E-state index contributed by atoms with van der Waals surface area (Å²) in [4.78, 5) is 33.8. The summed E-state index contributed by atoms with van der Waals surface area (Å²) in [6.45, 7) is 11.6. The average molecular weight is 792 g/mol. The van der Waals surface area contributed by atoms with Gasteiger partial charge in [0.05, 0.1) is 6.42 Å². The van der Waals surface area contributed by atoms with Gasteiger partial charge in [0.1, 0.15) is 29.3 Å². The maximum Gasteiger partial charge on any atom is 0.248 e. The number of benzene rings is 3. The maximum absolute atomic E-state index is 13.4. The Morgan fingerprint density at radius 2 is 1.41 bits per heavy atom. The smallest absolute Gasteiger partial charge is 0.248 e. The lowest BCUT2D eigenvalue weighted by Gasteiger charge is -2.20. The van der Waals surface area contributed by atoms with E-state index in [4.69, 9.17) is 5.73 Å². The van der Waals surface area contributed by atoms with Gasteiger partial charge in [0.2, 0.25) is 11.8 Å². The summed E-state index contributed by atoms with van der Waals surface area (Å²) in [6.07, 6.45) is 7.33. The molecule has 0 aliphatic heterocycles. The molecular weight excluding hydrogens is 733 g/mol. The zero-order valence-corrected chi connectivity index (χ0v) is 34.4. The molecule has 5 rings (SSSR count). The normalized spacial score (nSPS) is 13.6. The fourth-order valence-corrected chi connectivity index (χ4v) is 6.64. The van der Waals surface area contributed by atoms with Crippen molar-refractivity contribution in [1.29, 1.82) is 0 Å². The van der Waals surface area contributed by atoms with Crippen molar-refractivity contribution >= 4 is 23.5 Å². The van der Waals surface area contributed by atoms with Crippen molar-refractivity contribution in [2.45, 2.75) is 110 Å². The highest BCUT2D eigenvalue weighted by atomic mass is 19.1. The molecule has 11 heteroatoms. The molecule has 2 heterocycles. The second kappa shape index (κ2) is 23.6. The summed E-state index contributed by atoms with van der Waals surface area (Å²) in [7, 11) is 0. The summed E-state index contributed by atoms with van der Waals surface area (Å²) in [5.74, 6) is -0.937. The predicted octanol–water partition coefficient (Wildman–Crippen LogP) is 8.83. The van der Waals surface area contributed by atoms with Crippen LogP contribution < -0.4 is 27.0 Å². The maximum atomic E-state index is 13.4. The number of halogens is 2. The number of hydrogen-bond donors (Lipinski definition) is 5. The van der Waals surface area contributed by atoms with Crippen LogP contribution in [0.2, 0.25) is 0 Å². The first kappa shape index (κ1) is 45.2. The Morgan fingerprint density at radius 1 is 0.724 bits per heavy atom. The van der Waals surface area contributed by atoms with E-state index in [1.165, 1.54) is 16.7 Å². The van der Waals surface area contributed by atoms with Crippen molar-refractivity contribution in [3.05, 3.63) is 155 Å². The van der Waals surface area contributed by atoms with Gasteiger partial charge in [0, 0.05) is 43.1 Å². The number of nitrogens with zero attached hydrogens (tertiary/aromatic N) is 2. The van der Waals surface area contributed by atoms with Gasteiger partial charge in [-0.05, 0) is 104 Å². The number of amides is 2. The lowest BCUT2D eigenvalue weighted by atomic mass is 9.95. The molecule has 308 valence electrons. The van der Waals surface area contributed by atoms with Crippen LogP contribution in [-0.2, 0) is 29.0 Å². The van der Waals surface area contributed by atoms with Crippen LogP contribution >= 0.6 is 0 Å². The van der Waals surface area contributed by atoms with E-state index < -0.39 is 29.5 Å². The molecule has 5 unspecified atom stereocenters. The van der Waals surface area contributed by atoms with Crippen molar-refractivity contribution < 1.29 is 18.4 Å². The summed E-state index contributed by atoms with van der Waals surface area (Å²) in [5.41, 5.74) is 10.7. The third kappa shape index (κ3) is 16.1. The number of carbonyl (C=O) groups is 2. The second-order valence-corrected chi connectivity index (χ2v) is 15.1. The minimum Gasteiger partial charge on any atom is -0.384 e. The zero-order chi connectivity index (χ0) is 41.9. The predicted molar refractivity (Wildman–Crippen MR) is 230 cm³/mol. The molecule has 0 radical (unpaired) electrons. The Bertz CT molecular complexity index is 1950. The highest BCUT2D eigenvalue weighted by Crippen LogP contribution is 2.21. The summed E-state index contributed by atoms with van der Waals surface area (Å²) < 4.78 is 26.8. The van der Waals surface area contributed by atoms with E-state index in [2.05, 4.69) is 101 Å². The molecular formula is C47H59F2N7O2. The molecule has 6 N–H and O–H groups in total. The largest absolute Gasteiger partial charge is 0.384 e. The molecule has 0 saturated heterocycles. The fourth-order valence-electron chi connectivity index (χ4n) is 6.64. The van der Waals surface area contributed by atoms with E-state index in [0.717, 1.165) is 49.6 Å². The number of aryl methyl sites for hydroxylation is 1. The van der Waals surface area contributed by atoms with Gasteiger partial charge in [-0.25, -0.2) is 18.7 Å². The lowest BCUT2D eigenvalue weighted by molar-refractivity contribution is -0.126. The van der Waals surface area contributed by atoms with Gasteiger partial charge >= 0.3 is 0 Å². The molecule has 2 aromatic heterocycles. The molecule has 2 amide bonds. The first-order valence-electron chi connectivity index (χ1n) is 20.2. The van der Waals surface area contributed by atoms with Crippen LogP contribution in [-0.4, -0.2) is 39.9 Å². The van der Waals surface area contributed by atoms with Crippen molar-refractivity contribution in [2.75, 3.05) is 11.1 Å². The number of nitrogen functional groups attached to an aromatic ring is 1. The number of nitrogens with two attached hydrogens (primary N) is 1. The summed E-state index contributed by atoms with van der Waals surface area (Å²) in [5, 5.41) is 12.6. The highest BCUT2D eigenvalue weighted by molar-refractivity contribution is 5.96. The van der Waals surface area contributed by atoms with Crippen LogP contribution in [0.3, 0.4) is 0 Å². The molecule has 0 aliphatic carbocycles. The Hall–Kier alpha value is -5.52. The van der Waals surface area contributed by atoms with Gasteiger partial charge in [-0.1, -0.05) is 93.1 Å². The standard InChI is InChI=1S/C30H36F2N4O2.C17H23N3/c1-4-8-27(35-29(37)17-23-15-25(31)18-26(32)16-23)30(38)36-28-14-13-22(19-33-28)12-11-20(2)34-21(3)24-9-6-5-7-10-24;1-13(16-8-9-17(18)20-12-16)10-14(2)19-11-15-6-4-3-5-7-15/h5-7,9-10,13-16,18-21,27,34H,4,8,11-12,17H2,1-3H3,(H,35,37)(H,33,36,38);3-9,12-14,19H,10-11H2,1-2H3,(H2,18,20). The van der Waals surface area contributed by atoms with Gasteiger partial charge in [-0.15, -0.1) is 0 Å². The molecule has 0 spiro atoms. The number of nitrogens with one attached hydrogen (secondary N) is 4. The topological polar surface area (TPSA) is 134 Å². The minimum atomic E-state index is -0.786. The highest BCUT2D eigenvalue weighted by Gasteiger charge is 2.21. The zero-order valence-electron chi connectivity index (χ0n) is 34.4. The lowest BCUT2D eigenvalue weighted by Crippen LogP contribution is -2.44. The number of aromatic nitrogens is 2. The van der Waals surface area contributed by atoms with E-state index in [9.17, 15) is 18.4 Å². The van der Waals surface area contributed by atoms with E-state index in [0.29, 0.717) is 42.5 Å². The van der Waals surface area contributed by atoms with Crippen molar-refractivity contribution in [3.63, 3.8) is 0 Å². The number of rotatable bonds is 19. The number of hydrogen-bond acceptors (Lipinski definition) is 7. The Labute approximate surface area is 342 Å². The number of anilines is 2. The van der Waals surface area contributed by atoms with Crippen LogP contribution in [0, 0.1) is 11.6 Å². The molecule has 0 bridgehead atoms. The molecule has 0 fully saturated rings. The van der Waals surface area contributed by atoms with Crippen LogP contribution in [0.15, 0.2) is 116 Å². The van der Waals surface area contributed by atoms with Crippen molar-refractivity contribution in [2.24, 2.45) is 0 Å².